The first-order valence-electron chi connectivity index (χ1n) is 10.8. The molecule has 0 radical (unpaired) electrons. The number of unbranched alkanes of at least 4 members (excludes halogenated alkanes) is 2. The van der Waals surface area contributed by atoms with E-state index in [1.54, 1.807) is 42.6 Å². The third kappa shape index (κ3) is 5.91. The van der Waals surface area contributed by atoms with Gasteiger partial charge in [-0.3, -0.25) is 9.59 Å². The standard InChI is InChI=1S/C23H29N5O4S/c1-2-3-5-10-20(29)27-22(23(25)30)21(28-33(31,32)16-8-6-4-7-9-16)18-14-26-19-13-15(24)11-12-17(18)19/h4,6-9,11-14,21-22,26,28H,2-3,5,10,24H2,1H3,(H2,25,30)(H,27,29)/t21-,22-/m0/s1. The number of fused-ring (bicyclic) bond motifs is 1. The average Bonchev–Trinajstić information content (AvgIpc) is 3.19. The number of anilines is 1. The monoisotopic (exact) mass is 471 g/mol. The van der Waals surface area contributed by atoms with Crippen molar-refractivity contribution in [3.63, 3.8) is 0 Å². The molecule has 3 aromatic rings. The van der Waals surface area contributed by atoms with Gasteiger partial charge < -0.3 is 21.8 Å². The Morgan fingerprint density at radius 2 is 1.82 bits per heavy atom. The minimum Gasteiger partial charge on any atom is -0.399 e. The van der Waals surface area contributed by atoms with Gasteiger partial charge in [0.25, 0.3) is 0 Å². The van der Waals surface area contributed by atoms with Crippen LogP contribution < -0.4 is 21.5 Å². The SMILES string of the molecule is CCCCCC(=O)N[C@H](C(N)=O)[C@@H](NS(=O)(=O)c1ccccc1)c1c[nH]c2cc(N)ccc12. The summed E-state index contributed by atoms with van der Waals surface area (Å²) < 4.78 is 28.9. The summed E-state index contributed by atoms with van der Waals surface area (Å²) in [6.07, 6.45) is 4.25. The van der Waals surface area contributed by atoms with E-state index in [4.69, 9.17) is 11.5 Å². The molecule has 0 fully saturated rings. The predicted molar refractivity (Wildman–Crippen MR) is 127 cm³/mol. The van der Waals surface area contributed by atoms with Crippen LogP contribution in [0, 0.1) is 0 Å². The van der Waals surface area contributed by atoms with Gasteiger partial charge in [0.15, 0.2) is 0 Å². The zero-order valence-electron chi connectivity index (χ0n) is 18.4. The maximum absolute atomic E-state index is 13.1. The molecule has 0 bridgehead atoms. The summed E-state index contributed by atoms with van der Waals surface area (Å²) in [6, 6.07) is 10.4. The van der Waals surface area contributed by atoms with Crippen molar-refractivity contribution in [2.24, 2.45) is 5.73 Å². The average molecular weight is 472 g/mol. The molecule has 0 unspecified atom stereocenters. The molecule has 0 spiro atoms. The van der Waals surface area contributed by atoms with Gasteiger partial charge in [-0.1, -0.05) is 44.0 Å². The maximum atomic E-state index is 13.1. The Balaban J connectivity index is 2.03. The number of nitrogens with two attached hydrogens (primary N) is 2. The fourth-order valence-electron chi connectivity index (χ4n) is 3.67. The van der Waals surface area contributed by atoms with E-state index in [1.807, 2.05) is 6.92 Å². The second kappa shape index (κ2) is 10.5. The fourth-order valence-corrected chi connectivity index (χ4v) is 4.92. The van der Waals surface area contributed by atoms with Gasteiger partial charge in [-0.05, 0) is 36.2 Å². The summed E-state index contributed by atoms with van der Waals surface area (Å²) in [4.78, 5) is 28.1. The molecule has 0 saturated heterocycles. The molecule has 7 N–H and O–H groups in total. The number of rotatable bonds is 11. The molecular formula is C23H29N5O4S. The van der Waals surface area contributed by atoms with Crippen LogP contribution in [0.25, 0.3) is 10.9 Å². The Morgan fingerprint density at radius 3 is 2.48 bits per heavy atom. The summed E-state index contributed by atoms with van der Waals surface area (Å²) in [5.41, 5.74) is 13.2. The van der Waals surface area contributed by atoms with E-state index >= 15 is 0 Å². The van der Waals surface area contributed by atoms with E-state index in [0.29, 0.717) is 28.6 Å². The molecule has 2 amide bonds. The van der Waals surface area contributed by atoms with Gasteiger partial charge in [0.1, 0.15) is 6.04 Å². The van der Waals surface area contributed by atoms with Gasteiger partial charge in [0.2, 0.25) is 21.8 Å². The topological polar surface area (TPSA) is 160 Å². The van der Waals surface area contributed by atoms with E-state index in [2.05, 4.69) is 15.0 Å². The highest BCUT2D eigenvalue weighted by molar-refractivity contribution is 7.89. The molecule has 1 aromatic heterocycles. The lowest BCUT2D eigenvalue weighted by atomic mass is 9.98. The van der Waals surface area contributed by atoms with Gasteiger partial charge in [0, 0.05) is 29.2 Å². The van der Waals surface area contributed by atoms with E-state index in [9.17, 15) is 18.0 Å². The molecule has 1 heterocycles. The lowest BCUT2D eigenvalue weighted by molar-refractivity contribution is -0.128. The maximum Gasteiger partial charge on any atom is 0.242 e. The molecule has 0 saturated carbocycles. The Hall–Kier alpha value is -3.37. The van der Waals surface area contributed by atoms with Crippen LogP contribution in [0.2, 0.25) is 0 Å². The number of benzene rings is 2. The fraction of sp³-hybridized carbons (Fsp3) is 0.304. The largest absolute Gasteiger partial charge is 0.399 e. The molecule has 10 heteroatoms. The number of nitrogens with one attached hydrogen (secondary N) is 3. The lowest BCUT2D eigenvalue weighted by Crippen LogP contribution is -2.52. The Bertz CT molecular complexity index is 1220. The van der Waals surface area contributed by atoms with Crippen LogP contribution in [0.4, 0.5) is 5.69 Å². The van der Waals surface area contributed by atoms with Crippen LogP contribution in [0.3, 0.4) is 0 Å². The van der Waals surface area contributed by atoms with Crippen molar-refractivity contribution in [1.82, 2.24) is 15.0 Å². The van der Waals surface area contributed by atoms with Crippen molar-refractivity contribution in [1.29, 1.82) is 0 Å². The Labute approximate surface area is 193 Å². The quantitative estimate of drug-likeness (QED) is 0.214. The van der Waals surface area contributed by atoms with Crippen molar-refractivity contribution in [2.75, 3.05) is 5.73 Å². The van der Waals surface area contributed by atoms with Crippen molar-refractivity contribution in [3.8, 4) is 0 Å². The number of amides is 2. The molecule has 176 valence electrons. The first-order valence-corrected chi connectivity index (χ1v) is 12.2. The molecule has 3 rings (SSSR count). The second-order valence-electron chi connectivity index (χ2n) is 7.87. The Kier molecular flexibility index (Phi) is 7.72. The first kappa shape index (κ1) is 24.3. The highest BCUT2D eigenvalue weighted by atomic mass is 32.2. The van der Waals surface area contributed by atoms with Gasteiger partial charge in [-0.2, -0.15) is 0 Å². The Morgan fingerprint density at radius 1 is 1.09 bits per heavy atom. The lowest BCUT2D eigenvalue weighted by Gasteiger charge is -2.26. The number of carbonyl (C=O) groups excluding carboxylic acids is 2. The summed E-state index contributed by atoms with van der Waals surface area (Å²) in [7, 11) is -4.05. The van der Waals surface area contributed by atoms with Gasteiger partial charge in [0.05, 0.1) is 10.9 Å². The van der Waals surface area contributed by atoms with E-state index in [-0.39, 0.29) is 17.2 Å². The van der Waals surface area contributed by atoms with E-state index in [1.165, 1.54) is 12.1 Å². The molecular weight excluding hydrogens is 442 g/mol. The van der Waals surface area contributed by atoms with Gasteiger partial charge in [-0.25, -0.2) is 13.1 Å². The van der Waals surface area contributed by atoms with Crippen molar-refractivity contribution in [2.45, 2.75) is 49.6 Å². The molecule has 2 aromatic carbocycles. The minimum atomic E-state index is -4.05. The van der Waals surface area contributed by atoms with Gasteiger partial charge >= 0.3 is 0 Å². The number of hydrogen-bond donors (Lipinski definition) is 5. The van der Waals surface area contributed by atoms with Gasteiger partial charge in [-0.15, -0.1) is 0 Å². The zero-order chi connectivity index (χ0) is 24.0. The number of nitrogen functional groups attached to an aromatic ring is 1. The second-order valence-corrected chi connectivity index (χ2v) is 9.58. The highest BCUT2D eigenvalue weighted by Gasteiger charge is 2.34. The highest BCUT2D eigenvalue weighted by Crippen LogP contribution is 2.29. The van der Waals surface area contributed by atoms with Crippen molar-refractivity contribution < 1.29 is 18.0 Å². The summed E-state index contributed by atoms with van der Waals surface area (Å²) in [6.45, 7) is 2.02. The molecule has 0 aliphatic heterocycles. The summed E-state index contributed by atoms with van der Waals surface area (Å²) >= 11 is 0. The summed E-state index contributed by atoms with van der Waals surface area (Å²) in [5.74, 6) is -1.23. The summed E-state index contributed by atoms with van der Waals surface area (Å²) in [5, 5.41) is 3.28. The number of sulfonamides is 1. The van der Waals surface area contributed by atoms with Crippen LogP contribution >= 0.6 is 0 Å². The predicted octanol–water partition coefficient (Wildman–Crippen LogP) is 2.32. The minimum absolute atomic E-state index is 0.0246. The van der Waals surface area contributed by atoms with Crippen molar-refractivity contribution >= 4 is 38.4 Å². The number of carbonyl (C=O) groups is 2. The normalized spacial score (nSPS) is 13.5. The molecule has 0 aliphatic rings. The molecule has 2 atom stereocenters. The first-order chi connectivity index (χ1) is 15.7. The number of hydrogen-bond acceptors (Lipinski definition) is 5. The van der Waals surface area contributed by atoms with Crippen molar-refractivity contribution in [3.05, 3.63) is 60.3 Å². The van der Waals surface area contributed by atoms with Crippen LogP contribution in [0.5, 0.6) is 0 Å². The van der Waals surface area contributed by atoms with Crippen LogP contribution in [0.1, 0.15) is 44.2 Å². The smallest absolute Gasteiger partial charge is 0.242 e. The molecule has 0 aliphatic carbocycles. The number of primary amides is 1. The third-order valence-corrected chi connectivity index (χ3v) is 6.83. The van der Waals surface area contributed by atoms with E-state index < -0.39 is 28.0 Å². The number of aromatic nitrogens is 1. The number of aromatic amines is 1. The van der Waals surface area contributed by atoms with Crippen LogP contribution in [-0.2, 0) is 19.6 Å². The number of H-pyrrole nitrogens is 1. The van der Waals surface area contributed by atoms with Crippen LogP contribution in [0.15, 0.2) is 59.6 Å². The third-order valence-electron chi connectivity index (χ3n) is 5.37. The van der Waals surface area contributed by atoms with Crippen LogP contribution in [-0.4, -0.2) is 31.3 Å². The zero-order valence-corrected chi connectivity index (χ0v) is 19.2. The molecule has 9 nitrogen and oxygen atoms in total. The van der Waals surface area contributed by atoms with E-state index in [0.717, 1.165) is 12.8 Å². The molecule has 33 heavy (non-hydrogen) atoms.